The number of hydrogen-bond donors (Lipinski definition) is 3. The van der Waals surface area contributed by atoms with E-state index >= 15 is 0 Å². The zero-order valence-corrected chi connectivity index (χ0v) is 10.1. The summed E-state index contributed by atoms with van der Waals surface area (Å²) in [4.78, 5) is 25.4. The van der Waals surface area contributed by atoms with E-state index in [1.165, 1.54) is 10.8 Å². The molecule has 7 heteroatoms. The van der Waals surface area contributed by atoms with Gasteiger partial charge in [0, 0.05) is 24.7 Å². The first kappa shape index (κ1) is 13.0. The van der Waals surface area contributed by atoms with Crippen LogP contribution in [0.3, 0.4) is 0 Å². The van der Waals surface area contributed by atoms with Crippen LogP contribution in [-0.4, -0.2) is 33.4 Å². The fourth-order valence-corrected chi connectivity index (χ4v) is 2.09. The van der Waals surface area contributed by atoms with Crippen molar-refractivity contribution in [1.82, 2.24) is 9.55 Å². The summed E-state index contributed by atoms with van der Waals surface area (Å²) < 4.78 is 6.80. The van der Waals surface area contributed by atoms with Crippen molar-refractivity contribution in [2.45, 2.75) is 38.2 Å². The molecule has 3 atom stereocenters. The molecule has 4 N–H and O–H groups in total. The van der Waals surface area contributed by atoms with Crippen LogP contribution in [0, 0.1) is 0 Å². The second-order valence-corrected chi connectivity index (χ2v) is 4.34. The molecule has 18 heavy (non-hydrogen) atoms. The van der Waals surface area contributed by atoms with Gasteiger partial charge in [0.25, 0.3) is 5.56 Å². The number of nitrogens with one attached hydrogen (secondary N) is 1. The lowest BCUT2D eigenvalue weighted by molar-refractivity contribution is -0.0152. The van der Waals surface area contributed by atoms with Gasteiger partial charge in [-0.3, -0.25) is 14.3 Å². The molecule has 1 aromatic heterocycles. The third-order valence-electron chi connectivity index (χ3n) is 3.17. The molecule has 0 aromatic carbocycles. The molecule has 0 spiro atoms. The second kappa shape index (κ2) is 5.05. The van der Waals surface area contributed by atoms with E-state index in [1.807, 2.05) is 6.92 Å². The monoisotopic (exact) mass is 255 g/mol. The Morgan fingerprint density at radius 3 is 2.89 bits per heavy atom. The minimum absolute atomic E-state index is 0.191. The summed E-state index contributed by atoms with van der Waals surface area (Å²) in [6.45, 7) is 2.02. The van der Waals surface area contributed by atoms with Crippen LogP contribution in [0.15, 0.2) is 15.8 Å². The van der Waals surface area contributed by atoms with Crippen molar-refractivity contribution in [3.63, 3.8) is 0 Å². The van der Waals surface area contributed by atoms with Gasteiger partial charge in [-0.25, -0.2) is 4.79 Å². The zero-order chi connectivity index (χ0) is 13.3. The van der Waals surface area contributed by atoms with Gasteiger partial charge in [0.2, 0.25) is 0 Å². The van der Waals surface area contributed by atoms with Crippen LogP contribution >= 0.6 is 0 Å². The fourth-order valence-electron chi connectivity index (χ4n) is 2.09. The molecule has 0 radical (unpaired) electrons. The molecule has 100 valence electrons. The van der Waals surface area contributed by atoms with Gasteiger partial charge < -0.3 is 15.6 Å². The number of hydrogen-bond acceptors (Lipinski definition) is 5. The van der Waals surface area contributed by atoms with Gasteiger partial charge in [0.05, 0.1) is 12.2 Å². The van der Waals surface area contributed by atoms with E-state index in [9.17, 15) is 14.7 Å². The van der Waals surface area contributed by atoms with Crippen LogP contribution < -0.4 is 17.0 Å². The number of rotatable bonds is 3. The number of nitrogens with zero attached hydrogens (tertiary/aromatic N) is 1. The molecule has 1 aromatic rings. The number of ether oxygens (including phenoxy) is 1. The highest BCUT2D eigenvalue weighted by Crippen LogP contribution is 2.26. The Balaban J connectivity index is 2.35. The number of H-pyrrole nitrogens is 1. The van der Waals surface area contributed by atoms with Crippen molar-refractivity contribution in [2.75, 3.05) is 6.54 Å². The molecular formula is C11H17N3O4. The van der Waals surface area contributed by atoms with Crippen LogP contribution in [-0.2, 0) is 11.2 Å². The minimum Gasteiger partial charge on any atom is -0.390 e. The van der Waals surface area contributed by atoms with Gasteiger partial charge in [-0.2, -0.15) is 0 Å². The molecule has 1 saturated heterocycles. The first-order chi connectivity index (χ1) is 8.56. The smallest absolute Gasteiger partial charge is 0.330 e. The second-order valence-electron chi connectivity index (χ2n) is 4.34. The number of aliphatic hydroxyl groups is 1. The van der Waals surface area contributed by atoms with Crippen molar-refractivity contribution >= 4 is 0 Å². The maximum absolute atomic E-state index is 11.7. The molecule has 7 nitrogen and oxygen atoms in total. The van der Waals surface area contributed by atoms with E-state index in [-0.39, 0.29) is 18.5 Å². The molecule has 1 aliphatic rings. The maximum atomic E-state index is 11.7. The van der Waals surface area contributed by atoms with Crippen LogP contribution in [0.5, 0.6) is 0 Å². The summed E-state index contributed by atoms with van der Waals surface area (Å²) in [7, 11) is 0. The van der Waals surface area contributed by atoms with Gasteiger partial charge in [-0.15, -0.1) is 0 Å². The predicted molar refractivity (Wildman–Crippen MR) is 64.3 cm³/mol. The largest absolute Gasteiger partial charge is 0.390 e. The molecule has 1 aliphatic heterocycles. The van der Waals surface area contributed by atoms with Gasteiger partial charge in [-0.1, -0.05) is 6.92 Å². The topological polar surface area (TPSA) is 110 Å². The van der Waals surface area contributed by atoms with E-state index in [0.29, 0.717) is 12.0 Å². The van der Waals surface area contributed by atoms with Crippen molar-refractivity contribution in [3.8, 4) is 0 Å². The molecule has 0 saturated carbocycles. The molecule has 2 unspecified atom stereocenters. The van der Waals surface area contributed by atoms with Gasteiger partial charge in [0.15, 0.2) is 0 Å². The Kier molecular flexibility index (Phi) is 3.65. The minimum atomic E-state index is -0.691. The highest BCUT2D eigenvalue weighted by molar-refractivity contribution is 5.04. The normalized spacial score (nSPS) is 27.6. The van der Waals surface area contributed by atoms with Crippen molar-refractivity contribution in [2.24, 2.45) is 5.73 Å². The summed E-state index contributed by atoms with van der Waals surface area (Å²) >= 11 is 0. The van der Waals surface area contributed by atoms with E-state index in [4.69, 9.17) is 10.5 Å². The third kappa shape index (κ3) is 2.24. The van der Waals surface area contributed by atoms with Crippen molar-refractivity contribution in [3.05, 3.63) is 32.6 Å². The molecule has 1 fully saturated rings. The number of aromatic amines is 1. The third-order valence-corrected chi connectivity index (χ3v) is 3.17. The molecule has 2 heterocycles. The lowest BCUT2D eigenvalue weighted by Gasteiger charge is -2.15. The SMILES string of the molecule is CCc1cn(C2C[C@H](O)C(CN)O2)c(=O)[nH]c1=O. The highest BCUT2D eigenvalue weighted by atomic mass is 16.5. The average molecular weight is 255 g/mol. The maximum Gasteiger partial charge on any atom is 0.330 e. The van der Waals surface area contributed by atoms with Crippen LogP contribution in [0.2, 0.25) is 0 Å². The first-order valence-electron chi connectivity index (χ1n) is 5.94. The zero-order valence-electron chi connectivity index (χ0n) is 10.1. The standard InChI is InChI=1S/C11H17N3O4/c1-2-6-5-14(11(17)13-10(6)16)9-3-7(15)8(4-12)18-9/h5,7-9,15H,2-4,12H2,1H3,(H,13,16,17)/t7-,8?,9?/m0/s1. The summed E-state index contributed by atoms with van der Waals surface area (Å²) in [5.41, 5.74) is 5.04. The number of aliphatic hydroxyl groups excluding tert-OH is 1. The van der Waals surface area contributed by atoms with Crippen LogP contribution in [0.25, 0.3) is 0 Å². The lowest BCUT2D eigenvalue weighted by Crippen LogP contribution is -2.34. The fraction of sp³-hybridized carbons (Fsp3) is 0.636. The Morgan fingerprint density at radius 1 is 1.61 bits per heavy atom. The van der Waals surface area contributed by atoms with Crippen LogP contribution in [0.4, 0.5) is 0 Å². The van der Waals surface area contributed by atoms with Crippen LogP contribution in [0.1, 0.15) is 25.1 Å². The summed E-state index contributed by atoms with van der Waals surface area (Å²) in [5, 5.41) is 9.70. The Labute approximate surface area is 103 Å². The lowest BCUT2D eigenvalue weighted by atomic mass is 10.2. The van der Waals surface area contributed by atoms with Crippen molar-refractivity contribution < 1.29 is 9.84 Å². The van der Waals surface area contributed by atoms with E-state index in [2.05, 4.69) is 4.98 Å². The average Bonchev–Trinajstić information content (AvgIpc) is 2.70. The van der Waals surface area contributed by atoms with E-state index in [0.717, 1.165) is 0 Å². The molecule has 2 rings (SSSR count). The van der Waals surface area contributed by atoms with Gasteiger partial charge >= 0.3 is 5.69 Å². The molecule has 0 aliphatic carbocycles. The molecular weight excluding hydrogens is 238 g/mol. The summed E-state index contributed by atoms with van der Waals surface area (Å²) in [6.07, 6.45) is 0.547. The quantitative estimate of drug-likeness (QED) is 0.622. The van der Waals surface area contributed by atoms with Gasteiger partial charge in [-0.05, 0) is 6.42 Å². The summed E-state index contributed by atoms with van der Waals surface area (Å²) in [6, 6.07) is 0. The predicted octanol–water partition coefficient (Wildman–Crippen LogP) is -1.29. The van der Waals surface area contributed by atoms with E-state index in [1.54, 1.807) is 0 Å². The molecule has 0 amide bonds. The van der Waals surface area contributed by atoms with Crippen molar-refractivity contribution in [1.29, 1.82) is 0 Å². The Morgan fingerprint density at radius 2 is 2.33 bits per heavy atom. The molecule has 0 bridgehead atoms. The number of nitrogens with two attached hydrogens (primary N) is 1. The Bertz CT molecular complexity index is 536. The number of aromatic nitrogens is 2. The van der Waals surface area contributed by atoms with E-state index < -0.39 is 24.1 Å². The Hall–Kier alpha value is -1.44. The summed E-state index contributed by atoms with van der Waals surface area (Å²) in [5.74, 6) is 0. The number of aryl methyl sites for hydroxylation is 1. The van der Waals surface area contributed by atoms with Gasteiger partial charge in [0.1, 0.15) is 6.23 Å². The highest BCUT2D eigenvalue weighted by Gasteiger charge is 2.34. The first-order valence-corrected chi connectivity index (χ1v) is 5.94.